The molecule has 216 valence electrons. The third kappa shape index (κ3) is 5.31. The van der Waals surface area contributed by atoms with Gasteiger partial charge in [0.1, 0.15) is 18.0 Å². The zero-order chi connectivity index (χ0) is 28.0. The summed E-state index contributed by atoms with van der Waals surface area (Å²) in [6.07, 6.45) is 4.15. The topological polar surface area (TPSA) is 129 Å². The predicted octanol–water partition coefficient (Wildman–Crippen LogP) is 2.42. The average molecular weight is 594 g/mol. The van der Waals surface area contributed by atoms with Gasteiger partial charge in [0.15, 0.2) is 0 Å². The van der Waals surface area contributed by atoms with Crippen LogP contribution in [0.5, 0.6) is 0 Å². The number of thioether (sulfide) groups is 1. The third-order valence-electron chi connectivity index (χ3n) is 8.92. The number of nitrogens with zero attached hydrogens (tertiary/aromatic N) is 1. The molecule has 1 saturated carbocycles. The van der Waals surface area contributed by atoms with Gasteiger partial charge in [0.25, 0.3) is 5.91 Å². The maximum Gasteiger partial charge on any atom is 0.407 e. The number of alkyl carbamates (subject to hydrolysis) is 1. The molecule has 4 amide bonds. The normalized spacial score (nSPS) is 31.9. The van der Waals surface area contributed by atoms with Gasteiger partial charge in [-0.05, 0) is 57.1 Å². The fourth-order valence-electron chi connectivity index (χ4n) is 6.85. The van der Waals surface area contributed by atoms with Crippen molar-refractivity contribution >= 4 is 47.2 Å². The number of carbonyl (C=O) groups excluding carboxylic acids is 4. The average Bonchev–Trinajstić information content (AvgIpc) is 3.55. The highest BCUT2D eigenvalue weighted by Crippen LogP contribution is 2.37. The van der Waals surface area contributed by atoms with Crippen LogP contribution < -0.4 is 21.3 Å². The molecule has 6 rings (SSSR count). The number of carbonyl (C=O) groups is 4. The lowest BCUT2D eigenvalue weighted by Crippen LogP contribution is -2.58. The van der Waals surface area contributed by atoms with E-state index < -0.39 is 35.7 Å². The van der Waals surface area contributed by atoms with E-state index in [1.165, 1.54) is 17.4 Å². The first kappa shape index (κ1) is 27.7. The summed E-state index contributed by atoms with van der Waals surface area (Å²) in [6, 6.07) is 1.47. The minimum atomic E-state index is -0.872. The quantitative estimate of drug-likeness (QED) is 0.383. The highest BCUT2D eigenvalue weighted by Gasteiger charge is 2.43. The number of halogens is 2. The molecule has 0 spiro atoms. The van der Waals surface area contributed by atoms with Gasteiger partial charge in [-0.1, -0.05) is 11.6 Å². The van der Waals surface area contributed by atoms with Crippen LogP contribution in [0, 0.1) is 11.7 Å². The molecule has 1 aliphatic carbocycles. The van der Waals surface area contributed by atoms with Crippen LogP contribution in [0.15, 0.2) is 6.07 Å². The van der Waals surface area contributed by atoms with Gasteiger partial charge in [0.05, 0.1) is 5.56 Å². The van der Waals surface area contributed by atoms with Crippen molar-refractivity contribution in [1.82, 2.24) is 26.2 Å². The van der Waals surface area contributed by atoms with Crippen LogP contribution in [0.4, 0.5) is 9.18 Å². The lowest BCUT2D eigenvalue weighted by atomic mass is 9.77. The molecule has 4 heterocycles. The SMILES string of the molecule is O=C1CCC(N2Cc3c(Cl)cc(CNC(=O)OC4CCC(C5NCCC6SCNC65)CC4)c(F)c3C2=O)C(=O)N1. The molecule has 1 aromatic rings. The van der Waals surface area contributed by atoms with Crippen molar-refractivity contribution < 1.29 is 28.3 Å². The molecule has 4 N–H and O–H groups in total. The number of hydrogen-bond donors (Lipinski definition) is 4. The Kier molecular flexibility index (Phi) is 7.95. The van der Waals surface area contributed by atoms with Gasteiger partial charge < -0.3 is 25.6 Å². The number of rotatable bonds is 5. The second-order valence-electron chi connectivity index (χ2n) is 11.2. The van der Waals surface area contributed by atoms with Crippen molar-refractivity contribution in [3.05, 3.63) is 33.6 Å². The summed E-state index contributed by atoms with van der Waals surface area (Å²) in [4.78, 5) is 50.7. The molecular formula is C27H33ClFN5O5S. The molecule has 4 aliphatic heterocycles. The number of benzene rings is 1. The molecular weight excluding hydrogens is 561 g/mol. The van der Waals surface area contributed by atoms with Gasteiger partial charge in [-0.15, -0.1) is 11.8 Å². The molecule has 1 aromatic carbocycles. The zero-order valence-electron chi connectivity index (χ0n) is 22.0. The van der Waals surface area contributed by atoms with Crippen molar-refractivity contribution in [3.8, 4) is 0 Å². The minimum Gasteiger partial charge on any atom is -0.446 e. The largest absolute Gasteiger partial charge is 0.446 e. The lowest BCUT2D eigenvalue weighted by Gasteiger charge is -2.41. The van der Waals surface area contributed by atoms with Crippen molar-refractivity contribution in [2.75, 3.05) is 12.4 Å². The van der Waals surface area contributed by atoms with Crippen LogP contribution in [0.1, 0.15) is 66.4 Å². The molecule has 13 heteroatoms. The van der Waals surface area contributed by atoms with Crippen LogP contribution in [0.25, 0.3) is 0 Å². The van der Waals surface area contributed by atoms with Crippen molar-refractivity contribution in [2.24, 2.45) is 5.92 Å². The van der Waals surface area contributed by atoms with E-state index in [2.05, 4.69) is 21.3 Å². The summed E-state index contributed by atoms with van der Waals surface area (Å²) in [5, 5.41) is 13.0. The first-order valence-corrected chi connectivity index (χ1v) is 15.4. The molecule has 10 nitrogen and oxygen atoms in total. The maximum atomic E-state index is 15.5. The van der Waals surface area contributed by atoms with Gasteiger partial charge in [-0.3, -0.25) is 19.7 Å². The highest BCUT2D eigenvalue weighted by atomic mass is 35.5. The number of ether oxygens (including phenoxy) is 1. The van der Waals surface area contributed by atoms with E-state index in [0.29, 0.717) is 28.8 Å². The van der Waals surface area contributed by atoms with Gasteiger partial charge in [0, 0.05) is 58.9 Å². The number of amides is 4. The number of imide groups is 1. The molecule has 4 atom stereocenters. The molecule has 0 radical (unpaired) electrons. The number of nitrogens with one attached hydrogen (secondary N) is 4. The van der Waals surface area contributed by atoms with E-state index in [1.807, 2.05) is 11.8 Å². The van der Waals surface area contributed by atoms with Crippen LogP contribution in [-0.4, -0.2) is 70.6 Å². The number of piperidine rings is 2. The molecule has 0 aromatic heterocycles. The lowest BCUT2D eigenvalue weighted by molar-refractivity contribution is -0.136. The smallest absolute Gasteiger partial charge is 0.407 e. The molecule has 3 saturated heterocycles. The van der Waals surface area contributed by atoms with E-state index in [4.69, 9.17) is 16.3 Å². The summed E-state index contributed by atoms with van der Waals surface area (Å²) in [6.45, 7) is 0.821. The second kappa shape index (κ2) is 11.5. The zero-order valence-corrected chi connectivity index (χ0v) is 23.5. The Morgan fingerprint density at radius 3 is 2.70 bits per heavy atom. The minimum absolute atomic E-state index is 0.0265. The van der Waals surface area contributed by atoms with Crippen molar-refractivity contribution in [3.63, 3.8) is 0 Å². The Morgan fingerprint density at radius 2 is 1.93 bits per heavy atom. The van der Waals surface area contributed by atoms with E-state index in [9.17, 15) is 19.2 Å². The molecule has 0 bridgehead atoms. The fourth-order valence-corrected chi connectivity index (χ4v) is 8.40. The Bertz CT molecular complexity index is 1230. The number of hydrogen-bond acceptors (Lipinski definition) is 8. The summed E-state index contributed by atoms with van der Waals surface area (Å²) in [5.41, 5.74) is 0.152. The van der Waals surface area contributed by atoms with Gasteiger partial charge in [0.2, 0.25) is 11.8 Å². The highest BCUT2D eigenvalue weighted by molar-refractivity contribution is 8.00. The van der Waals surface area contributed by atoms with Gasteiger partial charge in [-0.25, -0.2) is 9.18 Å². The standard InChI is InChI=1S/C27H33ClFN5O5S/c28-17-9-14(22(29)21-16(17)11-34(26(21)37)18-5-6-20(35)33-25(18)36)10-31-27(38)39-15-3-1-13(2-4-15)23-24-19(7-8-30-23)40-12-32-24/h9,13,15,18-19,23-24,30,32H,1-8,10-12H2,(H,31,38)(H,33,35,36). The van der Waals surface area contributed by atoms with Gasteiger partial charge in [-0.2, -0.15) is 0 Å². The van der Waals surface area contributed by atoms with Gasteiger partial charge >= 0.3 is 6.09 Å². The van der Waals surface area contributed by atoms with E-state index >= 15 is 4.39 Å². The van der Waals surface area contributed by atoms with Crippen molar-refractivity contribution in [2.45, 2.75) is 87.5 Å². The summed E-state index contributed by atoms with van der Waals surface area (Å²) < 4.78 is 21.1. The van der Waals surface area contributed by atoms with Crippen LogP contribution in [0.2, 0.25) is 5.02 Å². The van der Waals surface area contributed by atoms with Crippen LogP contribution in [0.3, 0.4) is 0 Å². The summed E-state index contributed by atoms with van der Waals surface area (Å²) >= 11 is 8.41. The Balaban J connectivity index is 1.03. The molecule has 4 fully saturated rings. The molecule has 4 unspecified atom stereocenters. The summed E-state index contributed by atoms with van der Waals surface area (Å²) in [7, 11) is 0. The third-order valence-corrected chi connectivity index (χ3v) is 10.5. The Labute approximate surface area is 240 Å². The molecule has 40 heavy (non-hydrogen) atoms. The van der Waals surface area contributed by atoms with E-state index in [-0.39, 0.29) is 48.2 Å². The van der Waals surface area contributed by atoms with Crippen LogP contribution in [-0.2, 0) is 27.4 Å². The predicted molar refractivity (Wildman–Crippen MR) is 146 cm³/mol. The maximum absolute atomic E-state index is 15.5. The second-order valence-corrected chi connectivity index (χ2v) is 12.9. The number of fused-ring (bicyclic) bond motifs is 2. The first-order valence-electron chi connectivity index (χ1n) is 14.0. The van der Waals surface area contributed by atoms with E-state index in [0.717, 1.165) is 38.1 Å². The van der Waals surface area contributed by atoms with E-state index in [1.54, 1.807) is 0 Å². The Morgan fingerprint density at radius 1 is 1.12 bits per heavy atom. The summed E-state index contributed by atoms with van der Waals surface area (Å²) in [5.74, 6) is -0.869. The fraction of sp³-hybridized carbons (Fsp3) is 0.630. The first-order chi connectivity index (χ1) is 19.3. The van der Waals surface area contributed by atoms with Crippen LogP contribution >= 0.6 is 23.4 Å². The Hall–Kier alpha value is -2.41. The molecule has 5 aliphatic rings. The van der Waals surface area contributed by atoms with Crippen molar-refractivity contribution in [1.29, 1.82) is 0 Å². The monoisotopic (exact) mass is 593 g/mol.